The largest absolute Gasteiger partial charge is 0.474 e. The van der Waals surface area contributed by atoms with Crippen LogP contribution in [0.15, 0.2) is 12.3 Å². The molecule has 8 heteroatoms. The Kier molecular flexibility index (Phi) is 6.08. The summed E-state index contributed by atoms with van der Waals surface area (Å²) in [4.78, 5) is 24.1. The topological polar surface area (TPSA) is 82.4 Å². The van der Waals surface area contributed by atoms with E-state index in [2.05, 4.69) is 17.0 Å². The number of aryl methyl sites for hydroxylation is 2. The number of hydrogen-bond acceptors (Lipinski definition) is 6. The predicted molar refractivity (Wildman–Crippen MR) is 107 cm³/mol. The summed E-state index contributed by atoms with van der Waals surface area (Å²) in [6.45, 7) is 7.46. The van der Waals surface area contributed by atoms with E-state index in [1.54, 1.807) is 16.9 Å². The molecule has 0 unspecified atom stereocenters. The smallest absolute Gasteiger partial charge is 0.272 e. The molecule has 0 atom stereocenters. The van der Waals surface area contributed by atoms with Gasteiger partial charge in [0.2, 0.25) is 5.88 Å². The maximum Gasteiger partial charge on any atom is 0.272 e. The SMILES string of the molecule is CCc1nc2c(c(OC3CCN(C(=O)c4ccnn4CC)CC3)n1)CCOCC2. The highest BCUT2D eigenvalue weighted by molar-refractivity contribution is 5.92. The summed E-state index contributed by atoms with van der Waals surface area (Å²) in [7, 11) is 0. The van der Waals surface area contributed by atoms with Crippen molar-refractivity contribution in [1.29, 1.82) is 0 Å². The second kappa shape index (κ2) is 8.90. The molecular weight excluding hydrogens is 370 g/mol. The maximum atomic E-state index is 12.8. The van der Waals surface area contributed by atoms with Crippen LogP contribution in [-0.2, 0) is 30.5 Å². The zero-order chi connectivity index (χ0) is 20.2. The van der Waals surface area contributed by atoms with Crippen LogP contribution in [0.5, 0.6) is 5.88 Å². The number of fused-ring (bicyclic) bond motifs is 1. The molecule has 156 valence electrons. The summed E-state index contributed by atoms with van der Waals surface area (Å²) in [5.74, 6) is 1.58. The molecule has 0 bridgehead atoms. The monoisotopic (exact) mass is 399 g/mol. The fourth-order valence-electron chi connectivity index (χ4n) is 3.98. The number of carbonyl (C=O) groups excluding carboxylic acids is 1. The van der Waals surface area contributed by atoms with E-state index in [0.29, 0.717) is 44.4 Å². The van der Waals surface area contributed by atoms with Gasteiger partial charge in [0.1, 0.15) is 17.6 Å². The Morgan fingerprint density at radius 2 is 2.00 bits per heavy atom. The number of aromatic nitrogens is 4. The van der Waals surface area contributed by atoms with E-state index in [4.69, 9.17) is 14.5 Å². The Hall–Kier alpha value is -2.48. The third-order valence-electron chi connectivity index (χ3n) is 5.64. The Bertz CT molecular complexity index is 858. The van der Waals surface area contributed by atoms with Gasteiger partial charge in [-0.1, -0.05) is 6.92 Å². The lowest BCUT2D eigenvalue weighted by Gasteiger charge is -2.32. The number of piperidine rings is 1. The highest BCUT2D eigenvalue weighted by Crippen LogP contribution is 2.26. The first-order valence-electron chi connectivity index (χ1n) is 10.6. The van der Waals surface area contributed by atoms with Gasteiger partial charge in [-0.15, -0.1) is 0 Å². The summed E-state index contributed by atoms with van der Waals surface area (Å²) in [6, 6.07) is 1.79. The van der Waals surface area contributed by atoms with E-state index in [0.717, 1.165) is 49.2 Å². The minimum Gasteiger partial charge on any atom is -0.474 e. The van der Waals surface area contributed by atoms with Crippen LogP contribution in [-0.4, -0.2) is 63.0 Å². The van der Waals surface area contributed by atoms with E-state index in [9.17, 15) is 4.79 Å². The molecule has 2 aromatic rings. The molecule has 0 radical (unpaired) electrons. The fourth-order valence-corrected chi connectivity index (χ4v) is 3.98. The van der Waals surface area contributed by atoms with Crippen LogP contribution in [0.3, 0.4) is 0 Å². The maximum absolute atomic E-state index is 12.8. The zero-order valence-corrected chi connectivity index (χ0v) is 17.3. The lowest BCUT2D eigenvalue weighted by atomic mass is 10.1. The molecule has 2 aliphatic heterocycles. The lowest BCUT2D eigenvalue weighted by molar-refractivity contribution is 0.0573. The van der Waals surface area contributed by atoms with Crippen molar-refractivity contribution in [3.05, 3.63) is 35.0 Å². The van der Waals surface area contributed by atoms with Crippen molar-refractivity contribution in [2.24, 2.45) is 0 Å². The number of amides is 1. The van der Waals surface area contributed by atoms with E-state index in [-0.39, 0.29) is 12.0 Å². The van der Waals surface area contributed by atoms with Gasteiger partial charge in [-0.25, -0.2) is 4.98 Å². The van der Waals surface area contributed by atoms with Crippen LogP contribution >= 0.6 is 0 Å². The molecule has 4 heterocycles. The quantitative estimate of drug-likeness (QED) is 0.765. The third kappa shape index (κ3) is 4.27. The van der Waals surface area contributed by atoms with Crippen LogP contribution in [0.2, 0.25) is 0 Å². The minimum atomic E-state index is 0.0455. The van der Waals surface area contributed by atoms with Crippen LogP contribution in [0.4, 0.5) is 0 Å². The molecule has 4 rings (SSSR count). The van der Waals surface area contributed by atoms with Crippen LogP contribution in [0.1, 0.15) is 54.3 Å². The number of likely N-dealkylation sites (tertiary alicyclic amines) is 1. The van der Waals surface area contributed by atoms with Crippen molar-refractivity contribution in [3.63, 3.8) is 0 Å². The van der Waals surface area contributed by atoms with Crippen LogP contribution in [0.25, 0.3) is 0 Å². The summed E-state index contributed by atoms with van der Waals surface area (Å²) in [5.41, 5.74) is 2.80. The van der Waals surface area contributed by atoms with Gasteiger partial charge in [0, 0.05) is 63.5 Å². The van der Waals surface area contributed by atoms with E-state index in [1.165, 1.54) is 0 Å². The van der Waals surface area contributed by atoms with Gasteiger partial charge < -0.3 is 14.4 Å². The Labute approximate surface area is 171 Å². The van der Waals surface area contributed by atoms with Crippen LogP contribution < -0.4 is 4.74 Å². The minimum absolute atomic E-state index is 0.0455. The first-order chi connectivity index (χ1) is 14.2. The second-order valence-corrected chi connectivity index (χ2v) is 7.48. The molecule has 0 aliphatic carbocycles. The molecule has 0 aromatic carbocycles. The number of nitrogens with zero attached hydrogens (tertiary/aromatic N) is 5. The number of hydrogen-bond donors (Lipinski definition) is 0. The van der Waals surface area contributed by atoms with Crippen LogP contribution in [0, 0.1) is 0 Å². The number of carbonyl (C=O) groups is 1. The van der Waals surface area contributed by atoms with Gasteiger partial charge in [-0.05, 0) is 13.0 Å². The highest BCUT2D eigenvalue weighted by Gasteiger charge is 2.28. The summed E-state index contributed by atoms with van der Waals surface area (Å²) in [6.07, 6.45) is 5.70. The first-order valence-corrected chi connectivity index (χ1v) is 10.6. The van der Waals surface area contributed by atoms with Crippen molar-refractivity contribution in [1.82, 2.24) is 24.6 Å². The van der Waals surface area contributed by atoms with Gasteiger partial charge in [0.25, 0.3) is 5.91 Å². The van der Waals surface area contributed by atoms with E-state index in [1.807, 2.05) is 11.8 Å². The third-order valence-corrected chi connectivity index (χ3v) is 5.64. The fraction of sp³-hybridized carbons (Fsp3) is 0.619. The van der Waals surface area contributed by atoms with Gasteiger partial charge in [0.15, 0.2) is 0 Å². The normalized spacial score (nSPS) is 17.7. The average molecular weight is 399 g/mol. The molecule has 2 aromatic heterocycles. The molecular formula is C21H29N5O3. The number of ether oxygens (including phenoxy) is 2. The van der Waals surface area contributed by atoms with E-state index < -0.39 is 0 Å². The van der Waals surface area contributed by atoms with Crippen molar-refractivity contribution in [2.75, 3.05) is 26.3 Å². The predicted octanol–water partition coefficient (Wildman–Crippen LogP) is 2.05. The summed E-state index contributed by atoms with van der Waals surface area (Å²) < 4.78 is 13.7. The Morgan fingerprint density at radius 1 is 1.21 bits per heavy atom. The second-order valence-electron chi connectivity index (χ2n) is 7.48. The Morgan fingerprint density at radius 3 is 2.76 bits per heavy atom. The van der Waals surface area contributed by atoms with Crippen molar-refractivity contribution in [3.8, 4) is 5.88 Å². The van der Waals surface area contributed by atoms with Crippen molar-refractivity contribution >= 4 is 5.91 Å². The van der Waals surface area contributed by atoms with E-state index >= 15 is 0 Å². The molecule has 1 amide bonds. The Balaban J connectivity index is 1.43. The molecule has 0 saturated carbocycles. The first kappa shape index (κ1) is 19.8. The highest BCUT2D eigenvalue weighted by atomic mass is 16.5. The van der Waals surface area contributed by atoms with Gasteiger partial charge >= 0.3 is 0 Å². The molecule has 0 spiro atoms. The average Bonchev–Trinajstić information content (AvgIpc) is 3.10. The molecule has 2 aliphatic rings. The standard InChI is InChI=1S/C21H29N5O3/c1-3-19-23-17-9-14-28-13-8-16(17)20(24-19)29-15-6-11-25(12-7-15)21(27)18-5-10-22-26(18)4-2/h5,10,15H,3-4,6-9,11-14H2,1-2H3. The molecule has 0 N–H and O–H groups in total. The zero-order valence-electron chi connectivity index (χ0n) is 17.3. The molecule has 1 fully saturated rings. The lowest BCUT2D eigenvalue weighted by Crippen LogP contribution is -2.42. The molecule has 29 heavy (non-hydrogen) atoms. The van der Waals surface area contributed by atoms with Gasteiger partial charge in [-0.2, -0.15) is 10.1 Å². The molecule has 1 saturated heterocycles. The van der Waals surface area contributed by atoms with Gasteiger partial charge in [-0.3, -0.25) is 9.48 Å². The van der Waals surface area contributed by atoms with Crippen molar-refractivity contribution < 1.29 is 14.3 Å². The number of rotatable bonds is 5. The van der Waals surface area contributed by atoms with Gasteiger partial charge in [0.05, 0.1) is 18.9 Å². The van der Waals surface area contributed by atoms with Crippen molar-refractivity contribution in [2.45, 2.75) is 58.6 Å². The summed E-state index contributed by atoms with van der Waals surface area (Å²) in [5, 5.41) is 4.21. The molecule has 8 nitrogen and oxygen atoms in total. The summed E-state index contributed by atoms with van der Waals surface area (Å²) >= 11 is 0.